The molecule has 3 nitrogen and oxygen atoms in total. The quantitative estimate of drug-likeness (QED) is 0.622. The molecule has 122 valence electrons. The van der Waals surface area contributed by atoms with Gasteiger partial charge in [-0.1, -0.05) is 24.3 Å². The zero-order valence-corrected chi connectivity index (χ0v) is 12.8. The maximum absolute atomic E-state index is 13.7. The fourth-order valence-corrected chi connectivity index (χ4v) is 2.27. The van der Waals surface area contributed by atoms with E-state index >= 15 is 0 Å². The average molecular weight is 328 g/mol. The highest BCUT2D eigenvalue weighted by Crippen LogP contribution is 2.26. The molecule has 0 aliphatic rings. The molecule has 0 saturated heterocycles. The molecule has 1 heterocycles. The highest BCUT2D eigenvalue weighted by molar-refractivity contribution is 5.87. The first kappa shape index (κ1) is 15.9. The molecule has 0 fully saturated rings. The Hall–Kier alpha value is -2.95. The largest absolute Gasteiger partial charge is 0.452 e. The number of ether oxygens (including phenoxy) is 1. The van der Waals surface area contributed by atoms with Crippen LogP contribution in [0.5, 0.6) is 0 Å². The van der Waals surface area contributed by atoms with Crippen molar-refractivity contribution in [1.82, 2.24) is 0 Å². The van der Waals surface area contributed by atoms with Crippen LogP contribution in [-0.4, -0.2) is 5.97 Å². The fraction of sp³-hybridized carbons (Fsp3) is 0.105. The highest BCUT2D eigenvalue weighted by atomic mass is 19.1. The van der Waals surface area contributed by atoms with Crippen molar-refractivity contribution >= 4 is 5.97 Å². The minimum Gasteiger partial charge on any atom is -0.452 e. The molecule has 5 heteroatoms. The van der Waals surface area contributed by atoms with Crippen molar-refractivity contribution in [3.05, 3.63) is 83.6 Å². The molecular weight excluding hydrogens is 314 g/mol. The molecule has 0 amide bonds. The molecule has 1 aromatic heterocycles. The number of hydrogen-bond donors (Lipinski definition) is 0. The van der Waals surface area contributed by atoms with Gasteiger partial charge < -0.3 is 9.15 Å². The summed E-state index contributed by atoms with van der Waals surface area (Å²) in [6.45, 7) is 1.67. The Balaban J connectivity index is 1.74. The van der Waals surface area contributed by atoms with Gasteiger partial charge >= 0.3 is 5.97 Å². The molecule has 0 spiro atoms. The van der Waals surface area contributed by atoms with Gasteiger partial charge in [0.05, 0.1) is 5.56 Å². The van der Waals surface area contributed by atoms with E-state index in [1.165, 1.54) is 30.3 Å². The minimum absolute atomic E-state index is 0.0257. The molecule has 0 aliphatic carbocycles. The lowest BCUT2D eigenvalue weighted by Crippen LogP contribution is -2.08. The smallest absolute Gasteiger partial charge is 0.374 e. The Morgan fingerprint density at radius 2 is 1.71 bits per heavy atom. The Morgan fingerprint density at radius 1 is 1.00 bits per heavy atom. The minimum atomic E-state index is -0.672. The van der Waals surface area contributed by atoms with Crippen molar-refractivity contribution in [2.24, 2.45) is 0 Å². The first-order valence-electron chi connectivity index (χ1n) is 7.36. The van der Waals surface area contributed by atoms with E-state index in [9.17, 15) is 13.6 Å². The molecule has 3 rings (SSSR count). The molecule has 0 radical (unpaired) electrons. The maximum atomic E-state index is 13.7. The molecule has 1 unspecified atom stereocenters. The van der Waals surface area contributed by atoms with Gasteiger partial charge in [-0.05, 0) is 48.9 Å². The van der Waals surface area contributed by atoms with Crippen molar-refractivity contribution in [2.75, 3.05) is 0 Å². The molecule has 0 N–H and O–H groups in total. The molecule has 0 aliphatic heterocycles. The fourth-order valence-electron chi connectivity index (χ4n) is 2.27. The van der Waals surface area contributed by atoms with E-state index in [1.807, 2.05) is 0 Å². The van der Waals surface area contributed by atoms with E-state index < -0.39 is 17.9 Å². The summed E-state index contributed by atoms with van der Waals surface area (Å²) in [7, 11) is 0. The van der Waals surface area contributed by atoms with E-state index in [1.54, 1.807) is 37.3 Å². The van der Waals surface area contributed by atoms with Crippen LogP contribution in [-0.2, 0) is 4.74 Å². The van der Waals surface area contributed by atoms with Crippen LogP contribution in [0.15, 0.2) is 65.1 Å². The number of rotatable bonds is 4. The topological polar surface area (TPSA) is 39.4 Å². The highest BCUT2D eigenvalue weighted by Gasteiger charge is 2.18. The van der Waals surface area contributed by atoms with Crippen LogP contribution in [0, 0.1) is 11.6 Å². The lowest BCUT2D eigenvalue weighted by molar-refractivity contribution is 0.0302. The molecular formula is C19H14F2O3. The summed E-state index contributed by atoms with van der Waals surface area (Å²) in [5.41, 5.74) is 0.925. The van der Waals surface area contributed by atoms with Crippen molar-refractivity contribution in [3.8, 4) is 11.3 Å². The van der Waals surface area contributed by atoms with Crippen LogP contribution in [0.25, 0.3) is 11.3 Å². The normalized spacial score (nSPS) is 12.0. The summed E-state index contributed by atoms with van der Waals surface area (Å²) in [6.07, 6.45) is -0.569. The van der Waals surface area contributed by atoms with Crippen LogP contribution in [0.1, 0.15) is 29.1 Å². The Bertz CT molecular complexity index is 853. The Kier molecular flexibility index (Phi) is 4.42. The van der Waals surface area contributed by atoms with Crippen LogP contribution >= 0.6 is 0 Å². The van der Waals surface area contributed by atoms with E-state index in [4.69, 9.17) is 9.15 Å². The van der Waals surface area contributed by atoms with Crippen LogP contribution in [0.2, 0.25) is 0 Å². The third-order valence-electron chi connectivity index (χ3n) is 3.57. The van der Waals surface area contributed by atoms with Crippen LogP contribution in [0.3, 0.4) is 0 Å². The number of carbonyl (C=O) groups excluding carboxylic acids is 1. The van der Waals surface area contributed by atoms with Gasteiger partial charge in [0.1, 0.15) is 23.5 Å². The molecule has 0 bridgehead atoms. The lowest BCUT2D eigenvalue weighted by atomic mass is 10.1. The van der Waals surface area contributed by atoms with Gasteiger partial charge in [-0.2, -0.15) is 0 Å². The number of carbonyl (C=O) groups is 1. The van der Waals surface area contributed by atoms with Gasteiger partial charge in [0, 0.05) is 0 Å². The van der Waals surface area contributed by atoms with E-state index in [2.05, 4.69) is 0 Å². The summed E-state index contributed by atoms with van der Waals surface area (Å²) in [5, 5.41) is 0. The predicted molar refractivity (Wildman–Crippen MR) is 84.3 cm³/mol. The number of benzene rings is 2. The number of hydrogen-bond acceptors (Lipinski definition) is 3. The molecule has 0 saturated carbocycles. The lowest BCUT2D eigenvalue weighted by Gasteiger charge is -2.12. The van der Waals surface area contributed by atoms with Gasteiger partial charge in [-0.3, -0.25) is 0 Å². The van der Waals surface area contributed by atoms with E-state index in [-0.39, 0.29) is 22.9 Å². The van der Waals surface area contributed by atoms with Crippen LogP contribution < -0.4 is 0 Å². The molecule has 3 aromatic rings. The average Bonchev–Trinajstić information content (AvgIpc) is 3.05. The standard InChI is InChI=1S/C19H14F2O3/c1-12(13-6-8-14(20)9-7-13)23-19(22)18-11-10-17(24-18)15-4-2-3-5-16(15)21/h2-12H,1H3. The Labute approximate surface area is 137 Å². The van der Waals surface area contributed by atoms with Crippen molar-refractivity contribution in [2.45, 2.75) is 13.0 Å². The van der Waals surface area contributed by atoms with E-state index in [0.29, 0.717) is 5.56 Å². The summed E-state index contributed by atoms with van der Waals surface area (Å²) in [4.78, 5) is 12.1. The predicted octanol–water partition coefficient (Wildman–Crippen LogP) is 5.14. The molecule has 2 aromatic carbocycles. The number of esters is 1. The zero-order chi connectivity index (χ0) is 17.1. The zero-order valence-electron chi connectivity index (χ0n) is 12.8. The maximum Gasteiger partial charge on any atom is 0.374 e. The number of halogens is 2. The van der Waals surface area contributed by atoms with Crippen molar-refractivity contribution in [1.29, 1.82) is 0 Å². The first-order chi connectivity index (χ1) is 11.5. The van der Waals surface area contributed by atoms with Gasteiger partial charge in [0.15, 0.2) is 0 Å². The second-order valence-corrected chi connectivity index (χ2v) is 5.24. The van der Waals surface area contributed by atoms with Gasteiger partial charge in [-0.25, -0.2) is 13.6 Å². The Morgan fingerprint density at radius 3 is 2.42 bits per heavy atom. The van der Waals surface area contributed by atoms with Crippen molar-refractivity contribution in [3.63, 3.8) is 0 Å². The molecule has 24 heavy (non-hydrogen) atoms. The van der Waals surface area contributed by atoms with Gasteiger partial charge in [0.2, 0.25) is 5.76 Å². The summed E-state index contributed by atoms with van der Waals surface area (Å²) < 4.78 is 37.4. The molecule has 1 atom stereocenters. The SMILES string of the molecule is CC(OC(=O)c1ccc(-c2ccccc2F)o1)c1ccc(F)cc1. The van der Waals surface area contributed by atoms with Crippen LogP contribution in [0.4, 0.5) is 8.78 Å². The third-order valence-corrected chi connectivity index (χ3v) is 3.57. The third kappa shape index (κ3) is 3.35. The summed E-state index contributed by atoms with van der Waals surface area (Å²) in [6, 6.07) is 14.7. The number of furan rings is 1. The second-order valence-electron chi connectivity index (χ2n) is 5.24. The van der Waals surface area contributed by atoms with Crippen molar-refractivity contribution < 1.29 is 22.7 Å². The first-order valence-corrected chi connectivity index (χ1v) is 7.36. The van der Waals surface area contributed by atoms with Gasteiger partial charge in [0.25, 0.3) is 0 Å². The van der Waals surface area contributed by atoms with E-state index in [0.717, 1.165) is 0 Å². The van der Waals surface area contributed by atoms with Gasteiger partial charge in [-0.15, -0.1) is 0 Å². The summed E-state index contributed by atoms with van der Waals surface area (Å²) >= 11 is 0. The monoisotopic (exact) mass is 328 g/mol. The summed E-state index contributed by atoms with van der Waals surface area (Å²) in [5.74, 6) is -1.25. The second kappa shape index (κ2) is 6.66.